The zero-order valence-corrected chi connectivity index (χ0v) is 22.2. The molecule has 8 heteroatoms. The number of amides is 2. The van der Waals surface area contributed by atoms with Gasteiger partial charge < -0.3 is 19.4 Å². The Balaban J connectivity index is 1.53. The minimum Gasteiger partial charge on any atom is -0.445 e. The van der Waals surface area contributed by atoms with Crippen LogP contribution in [0, 0.1) is 17.3 Å². The summed E-state index contributed by atoms with van der Waals surface area (Å²) in [6.07, 6.45) is 2.22. The number of β-lactam (4-membered cyclic amide) rings is 1. The molecule has 1 fully saturated rings. The van der Waals surface area contributed by atoms with E-state index in [1.807, 2.05) is 36.4 Å². The van der Waals surface area contributed by atoms with Gasteiger partial charge in [0.05, 0.1) is 5.92 Å². The third-order valence-corrected chi connectivity index (χ3v) is 7.51. The zero-order chi connectivity index (χ0) is 24.9. The minimum atomic E-state index is -1.21. The van der Waals surface area contributed by atoms with Crippen LogP contribution in [0.15, 0.2) is 42.0 Å². The van der Waals surface area contributed by atoms with Crippen LogP contribution in [0.5, 0.6) is 0 Å². The first-order valence-corrected chi connectivity index (χ1v) is 14.9. The van der Waals surface area contributed by atoms with Crippen molar-refractivity contribution < 1.29 is 23.5 Å². The number of benzene rings is 1. The summed E-state index contributed by atoms with van der Waals surface area (Å²) in [4.78, 5) is 39.5. The average Bonchev–Trinajstić information content (AvgIpc) is 2.79. The molecule has 0 aromatic heterocycles. The Hall–Kier alpha value is -2.45. The van der Waals surface area contributed by atoms with Gasteiger partial charge in [0.2, 0.25) is 5.91 Å². The minimum absolute atomic E-state index is 0.0108. The van der Waals surface area contributed by atoms with Crippen LogP contribution in [0.1, 0.15) is 39.2 Å². The molecule has 2 aliphatic rings. The van der Waals surface area contributed by atoms with Crippen molar-refractivity contribution in [2.75, 3.05) is 19.7 Å². The van der Waals surface area contributed by atoms with Crippen LogP contribution < -0.4 is 5.32 Å². The monoisotopic (exact) mass is 486 g/mol. The summed E-state index contributed by atoms with van der Waals surface area (Å²) >= 11 is 0. The first kappa shape index (κ1) is 26.2. The predicted molar refractivity (Wildman–Crippen MR) is 134 cm³/mol. The molecule has 7 nitrogen and oxygen atoms in total. The summed E-state index contributed by atoms with van der Waals surface area (Å²) in [5, 5.41) is 2.95. The molecular formula is C26H38N2O5Si. The van der Waals surface area contributed by atoms with Crippen LogP contribution in [0.25, 0.3) is 0 Å². The van der Waals surface area contributed by atoms with Crippen LogP contribution >= 0.6 is 0 Å². The molecule has 1 aromatic carbocycles. The number of rotatable bonds is 9. The Morgan fingerprint density at radius 2 is 1.91 bits per heavy atom. The van der Waals surface area contributed by atoms with Crippen LogP contribution in [-0.2, 0) is 25.4 Å². The molecule has 0 unspecified atom stereocenters. The number of nitrogens with one attached hydrogen (secondary N) is 1. The molecule has 1 N–H and O–H groups in total. The number of carbonyl (C=O) groups excluding carboxylic acids is 3. The lowest BCUT2D eigenvalue weighted by atomic mass is 9.66. The molecule has 0 aliphatic carbocycles. The van der Waals surface area contributed by atoms with Gasteiger partial charge in [0.1, 0.15) is 6.61 Å². The third-order valence-electron chi connectivity index (χ3n) is 6.65. The van der Waals surface area contributed by atoms with E-state index in [4.69, 9.17) is 9.16 Å². The molecule has 1 aromatic rings. The summed E-state index contributed by atoms with van der Waals surface area (Å²) in [5.74, 6) is -0.106. The third kappa shape index (κ3) is 6.79. The van der Waals surface area contributed by atoms with Crippen molar-refractivity contribution in [3.63, 3.8) is 0 Å². The first-order valence-electron chi connectivity index (χ1n) is 12.2. The Labute approximate surface area is 204 Å². The smallest absolute Gasteiger partial charge is 0.410 e. The number of Topliss-reactive ketones (excluding diaryl/α,β-unsaturated/α-hetero) is 1. The molecule has 3 atom stereocenters. The maximum Gasteiger partial charge on any atom is 0.410 e. The summed E-state index contributed by atoms with van der Waals surface area (Å²) in [7, 11) is -1.21. The molecule has 3 rings (SSSR count). The van der Waals surface area contributed by atoms with Gasteiger partial charge in [-0.05, 0) is 42.0 Å². The highest BCUT2D eigenvalue weighted by Crippen LogP contribution is 2.39. The number of ketones is 1. The fraction of sp³-hybridized carbons (Fsp3) is 0.577. The molecule has 0 bridgehead atoms. The van der Waals surface area contributed by atoms with E-state index >= 15 is 0 Å². The highest BCUT2D eigenvalue weighted by molar-refractivity contribution is 6.48. The lowest BCUT2D eigenvalue weighted by Crippen LogP contribution is -2.63. The van der Waals surface area contributed by atoms with Gasteiger partial charge in [-0.3, -0.25) is 9.59 Å². The maximum absolute atomic E-state index is 13.0. The normalized spacial score (nSPS) is 21.4. The number of hydrogen-bond donors (Lipinski definition) is 1. The Bertz CT molecular complexity index is 910. The average molecular weight is 487 g/mol. The van der Waals surface area contributed by atoms with Gasteiger partial charge >= 0.3 is 6.09 Å². The van der Waals surface area contributed by atoms with Crippen molar-refractivity contribution in [1.82, 2.24) is 10.2 Å². The number of hydrogen-bond acceptors (Lipinski definition) is 5. The largest absolute Gasteiger partial charge is 0.445 e. The summed E-state index contributed by atoms with van der Waals surface area (Å²) in [5.41, 5.74) is 1.56. The van der Waals surface area contributed by atoms with Gasteiger partial charge in [-0.25, -0.2) is 4.79 Å². The molecule has 2 aliphatic heterocycles. The second-order valence-electron chi connectivity index (χ2n) is 10.6. The van der Waals surface area contributed by atoms with Crippen molar-refractivity contribution in [3.05, 3.63) is 47.5 Å². The zero-order valence-electron chi connectivity index (χ0n) is 21.0. The molecule has 0 saturated carbocycles. The van der Waals surface area contributed by atoms with Crippen LogP contribution in [0.3, 0.4) is 0 Å². The van der Waals surface area contributed by atoms with E-state index in [1.165, 1.54) is 0 Å². The Kier molecular flexibility index (Phi) is 8.71. The second-order valence-corrected chi connectivity index (χ2v) is 13.0. The van der Waals surface area contributed by atoms with Crippen LogP contribution in [0.4, 0.5) is 4.79 Å². The predicted octanol–water partition coefficient (Wildman–Crippen LogP) is 3.69. The van der Waals surface area contributed by atoms with Crippen molar-refractivity contribution in [1.29, 1.82) is 0 Å². The molecule has 0 spiro atoms. The van der Waals surface area contributed by atoms with Gasteiger partial charge in [-0.1, -0.05) is 57.2 Å². The summed E-state index contributed by atoms with van der Waals surface area (Å²) < 4.78 is 11.4. The van der Waals surface area contributed by atoms with Gasteiger partial charge in [-0.15, -0.1) is 0 Å². The van der Waals surface area contributed by atoms with E-state index in [9.17, 15) is 14.4 Å². The molecular weight excluding hydrogens is 448 g/mol. The Morgan fingerprint density at radius 3 is 2.47 bits per heavy atom. The number of carbonyl (C=O) groups is 3. The molecule has 2 amide bonds. The van der Waals surface area contributed by atoms with Gasteiger partial charge in [0.25, 0.3) is 0 Å². The molecule has 0 radical (unpaired) electrons. The molecule has 2 heterocycles. The number of nitrogens with zero attached hydrogens (tertiary/aromatic N) is 1. The summed E-state index contributed by atoms with van der Waals surface area (Å²) in [6.45, 7) is 12.2. The van der Waals surface area contributed by atoms with Crippen LogP contribution in [0.2, 0.25) is 13.1 Å². The summed E-state index contributed by atoms with van der Waals surface area (Å²) in [6, 6.07) is 9.38. The van der Waals surface area contributed by atoms with Gasteiger partial charge in [0, 0.05) is 32.2 Å². The first-order chi connectivity index (χ1) is 16.1. The van der Waals surface area contributed by atoms with Crippen molar-refractivity contribution >= 4 is 26.8 Å². The SMILES string of the molecule is C[SiH](C)OC[C@H]([C@@H]1C(=O)N[C@@H]1CC(=O)C1=CCN(C(=O)OCc2ccccc2)CC1)C(C)(C)C. The van der Waals surface area contributed by atoms with E-state index < -0.39 is 9.04 Å². The quantitative estimate of drug-likeness (QED) is 0.425. The van der Waals surface area contributed by atoms with Gasteiger partial charge in [0.15, 0.2) is 14.8 Å². The van der Waals surface area contributed by atoms with E-state index in [1.54, 1.807) is 4.90 Å². The lowest BCUT2D eigenvalue weighted by molar-refractivity contribution is -0.143. The molecule has 1 saturated heterocycles. The van der Waals surface area contributed by atoms with E-state index in [2.05, 4.69) is 39.2 Å². The maximum atomic E-state index is 13.0. The van der Waals surface area contributed by atoms with E-state index in [0.29, 0.717) is 26.1 Å². The highest BCUT2D eigenvalue weighted by Gasteiger charge is 2.49. The fourth-order valence-corrected chi connectivity index (χ4v) is 5.11. The molecule has 34 heavy (non-hydrogen) atoms. The van der Waals surface area contributed by atoms with Crippen molar-refractivity contribution in [3.8, 4) is 0 Å². The van der Waals surface area contributed by atoms with E-state index in [-0.39, 0.29) is 54.1 Å². The fourth-order valence-electron chi connectivity index (χ4n) is 4.51. The van der Waals surface area contributed by atoms with Gasteiger partial charge in [-0.2, -0.15) is 0 Å². The Morgan fingerprint density at radius 1 is 1.21 bits per heavy atom. The van der Waals surface area contributed by atoms with Crippen molar-refractivity contribution in [2.45, 2.75) is 59.4 Å². The standard InChI is InChI=1S/C26H38N2O5Si/c1-26(2,3)20(17-33-34(4)5)23-21(27-24(23)30)15-22(29)19-11-13-28(14-12-19)25(31)32-16-18-9-7-6-8-10-18/h6-11,20-21,23,34H,12-17H2,1-5H3,(H,27,30)/t20-,21-,23+/m1/s1. The topological polar surface area (TPSA) is 84.9 Å². The van der Waals surface area contributed by atoms with Crippen LogP contribution in [-0.4, -0.2) is 57.5 Å². The highest BCUT2D eigenvalue weighted by atomic mass is 28.3. The molecule has 186 valence electrons. The van der Waals surface area contributed by atoms with Crippen molar-refractivity contribution in [2.24, 2.45) is 17.3 Å². The number of ether oxygens (including phenoxy) is 1. The second kappa shape index (κ2) is 11.3. The lowest BCUT2D eigenvalue weighted by Gasteiger charge is -2.46. The van der Waals surface area contributed by atoms with E-state index in [0.717, 1.165) is 11.1 Å².